The van der Waals surface area contributed by atoms with Crippen molar-refractivity contribution in [1.82, 2.24) is 4.98 Å². The average molecular weight is 312 g/mol. The molecule has 3 rings (SSSR count). The van der Waals surface area contributed by atoms with Crippen molar-refractivity contribution in [2.24, 2.45) is 0 Å². The molecule has 0 unspecified atom stereocenters. The van der Waals surface area contributed by atoms with Crippen molar-refractivity contribution in [2.45, 2.75) is 6.92 Å². The molecular weight excluding hydrogens is 298 g/mol. The number of hydrogen-bond acceptors (Lipinski definition) is 0. The number of aromatic amines is 1. The molecular formula is C17H14BrN. The van der Waals surface area contributed by atoms with E-state index >= 15 is 0 Å². The second-order valence-corrected chi connectivity index (χ2v) is 5.51. The highest BCUT2D eigenvalue weighted by Gasteiger charge is 2.03. The van der Waals surface area contributed by atoms with E-state index in [0.29, 0.717) is 0 Å². The lowest BCUT2D eigenvalue weighted by molar-refractivity contribution is 1.38. The van der Waals surface area contributed by atoms with Crippen LogP contribution in [0.25, 0.3) is 23.1 Å². The molecule has 0 aliphatic rings. The van der Waals surface area contributed by atoms with Crippen LogP contribution in [0.4, 0.5) is 0 Å². The van der Waals surface area contributed by atoms with Crippen LogP contribution in [0.1, 0.15) is 16.8 Å². The van der Waals surface area contributed by atoms with E-state index in [1.54, 1.807) is 0 Å². The fraction of sp³-hybridized carbons (Fsp3) is 0.0588. The van der Waals surface area contributed by atoms with Crippen molar-refractivity contribution in [3.8, 4) is 0 Å². The number of halogens is 1. The van der Waals surface area contributed by atoms with Crippen LogP contribution in [-0.4, -0.2) is 4.98 Å². The standard InChI is InChI=1S/C17H14BrN/c1-12-15-4-2-3-5-17(15)19-16(12)11-8-13-6-9-14(18)10-7-13/h2-11,19H,1H3/b11-8+. The van der Waals surface area contributed by atoms with Gasteiger partial charge in [-0.05, 0) is 42.3 Å². The third kappa shape index (κ3) is 2.49. The Labute approximate surface area is 121 Å². The first-order chi connectivity index (χ1) is 9.24. The molecule has 0 fully saturated rings. The van der Waals surface area contributed by atoms with Crippen molar-refractivity contribution in [2.75, 3.05) is 0 Å². The highest BCUT2D eigenvalue weighted by molar-refractivity contribution is 9.10. The van der Waals surface area contributed by atoms with Crippen LogP contribution in [0.5, 0.6) is 0 Å². The molecule has 0 saturated carbocycles. The molecule has 2 heteroatoms. The first kappa shape index (κ1) is 12.2. The first-order valence-corrected chi connectivity index (χ1v) is 7.04. The van der Waals surface area contributed by atoms with E-state index in [0.717, 1.165) is 4.47 Å². The molecule has 19 heavy (non-hydrogen) atoms. The number of nitrogens with one attached hydrogen (secondary N) is 1. The Bertz CT molecular complexity index is 736. The van der Waals surface area contributed by atoms with Gasteiger partial charge in [0.1, 0.15) is 0 Å². The molecule has 2 aromatic carbocycles. The van der Waals surface area contributed by atoms with Gasteiger partial charge in [-0.3, -0.25) is 0 Å². The molecule has 0 atom stereocenters. The molecule has 94 valence electrons. The van der Waals surface area contributed by atoms with E-state index in [9.17, 15) is 0 Å². The van der Waals surface area contributed by atoms with Gasteiger partial charge in [-0.2, -0.15) is 0 Å². The topological polar surface area (TPSA) is 15.8 Å². The summed E-state index contributed by atoms with van der Waals surface area (Å²) in [5.74, 6) is 0. The molecule has 0 saturated heterocycles. The third-order valence-corrected chi connectivity index (χ3v) is 3.85. The van der Waals surface area contributed by atoms with Gasteiger partial charge in [0.05, 0.1) is 0 Å². The van der Waals surface area contributed by atoms with Gasteiger partial charge in [-0.25, -0.2) is 0 Å². The predicted molar refractivity (Wildman–Crippen MR) is 86.1 cm³/mol. The van der Waals surface area contributed by atoms with E-state index in [2.05, 4.69) is 88.5 Å². The maximum Gasteiger partial charge on any atom is 0.0461 e. The van der Waals surface area contributed by atoms with Crippen LogP contribution in [0.15, 0.2) is 53.0 Å². The van der Waals surface area contributed by atoms with Gasteiger partial charge in [0, 0.05) is 21.1 Å². The van der Waals surface area contributed by atoms with Gasteiger partial charge in [0.15, 0.2) is 0 Å². The van der Waals surface area contributed by atoms with Crippen molar-refractivity contribution < 1.29 is 0 Å². The van der Waals surface area contributed by atoms with Crippen LogP contribution in [0.3, 0.4) is 0 Å². The second kappa shape index (κ2) is 5.06. The molecule has 1 N–H and O–H groups in total. The lowest BCUT2D eigenvalue weighted by atomic mass is 10.1. The molecule has 0 spiro atoms. The quantitative estimate of drug-likeness (QED) is 0.651. The van der Waals surface area contributed by atoms with Crippen LogP contribution in [0.2, 0.25) is 0 Å². The van der Waals surface area contributed by atoms with E-state index in [-0.39, 0.29) is 0 Å². The Kier molecular flexibility index (Phi) is 3.26. The zero-order chi connectivity index (χ0) is 13.2. The Morgan fingerprint density at radius 2 is 1.68 bits per heavy atom. The number of aryl methyl sites for hydroxylation is 1. The highest BCUT2D eigenvalue weighted by Crippen LogP contribution is 2.23. The maximum atomic E-state index is 3.45. The molecule has 0 aliphatic heterocycles. The number of fused-ring (bicyclic) bond motifs is 1. The summed E-state index contributed by atoms with van der Waals surface area (Å²) < 4.78 is 1.10. The lowest BCUT2D eigenvalue weighted by Crippen LogP contribution is -1.75. The fourth-order valence-corrected chi connectivity index (χ4v) is 2.49. The largest absolute Gasteiger partial charge is 0.355 e. The minimum Gasteiger partial charge on any atom is -0.355 e. The summed E-state index contributed by atoms with van der Waals surface area (Å²) in [6.07, 6.45) is 4.27. The molecule has 0 aliphatic carbocycles. The van der Waals surface area contributed by atoms with Crippen LogP contribution in [-0.2, 0) is 0 Å². The molecule has 1 nitrogen and oxygen atoms in total. The summed E-state index contributed by atoms with van der Waals surface area (Å²) in [6.45, 7) is 2.15. The number of benzene rings is 2. The normalized spacial score (nSPS) is 11.5. The molecule has 3 aromatic rings. The van der Waals surface area contributed by atoms with Gasteiger partial charge in [-0.1, -0.05) is 52.3 Å². The summed E-state index contributed by atoms with van der Waals surface area (Å²) in [5.41, 5.74) is 4.85. The minimum absolute atomic E-state index is 1.10. The van der Waals surface area contributed by atoms with Crippen molar-refractivity contribution in [3.05, 3.63) is 69.8 Å². The number of aromatic nitrogens is 1. The monoisotopic (exact) mass is 311 g/mol. The number of para-hydroxylation sites is 1. The molecule has 0 amide bonds. The molecule has 1 aromatic heterocycles. The van der Waals surface area contributed by atoms with Gasteiger partial charge in [0.25, 0.3) is 0 Å². The second-order valence-electron chi connectivity index (χ2n) is 4.59. The van der Waals surface area contributed by atoms with E-state index in [4.69, 9.17) is 0 Å². The fourth-order valence-electron chi connectivity index (χ4n) is 2.22. The Morgan fingerprint density at radius 3 is 2.42 bits per heavy atom. The zero-order valence-corrected chi connectivity index (χ0v) is 12.2. The van der Waals surface area contributed by atoms with Crippen LogP contribution in [0, 0.1) is 6.92 Å². The summed E-state index contributed by atoms with van der Waals surface area (Å²) in [4.78, 5) is 3.45. The smallest absolute Gasteiger partial charge is 0.0461 e. The maximum absolute atomic E-state index is 3.45. The van der Waals surface area contributed by atoms with Gasteiger partial charge >= 0.3 is 0 Å². The first-order valence-electron chi connectivity index (χ1n) is 6.25. The van der Waals surface area contributed by atoms with E-state index in [1.165, 1.54) is 27.7 Å². The van der Waals surface area contributed by atoms with E-state index < -0.39 is 0 Å². The Morgan fingerprint density at radius 1 is 0.947 bits per heavy atom. The van der Waals surface area contributed by atoms with Crippen LogP contribution < -0.4 is 0 Å². The zero-order valence-electron chi connectivity index (χ0n) is 10.7. The molecule has 1 heterocycles. The summed E-state index contributed by atoms with van der Waals surface area (Å²) >= 11 is 3.45. The molecule has 0 radical (unpaired) electrons. The van der Waals surface area contributed by atoms with Crippen molar-refractivity contribution in [1.29, 1.82) is 0 Å². The SMILES string of the molecule is Cc1c(/C=C/c2ccc(Br)cc2)[nH]c2ccccc12. The Hall–Kier alpha value is -1.80. The van der Waals surface area contributed by atoms with Gasteiger partial charge < -0.3 is 4.98 Å². The van der Waals surface area contributed by atoms with Crippen molar-refractivity contribution in [3.63, 3.8) is 0 Å². The minimum atomic E-state index is 1.10. The summed E-state index contributed by atoms with van der Waals surface area (Å²) in [5, 5.41) is 1.29. The van der Waals surface area contributed by atoms with Crippen LogP contribution >= 0.6 is 15.9 Å². The number of hydrogen-bond donors (Lipinski definition) is 1. The van der Waals surface area contributed by atoms with Crippen molar-refractivity contribution >= 4 is 39.0 Å². The van der Waals surface area contributed by atoms with Gasteiger partial charge in [0.2, 0.25) is 0 Å². The summed E-state index contributed by atoms with van der Waals surface area (Å²) in [6, 6.07) is 16.7. The lowest BCUT2D eigenvalue weighted by Gasteiger charge is -1.94. The number of H-pyrrole nitrogens is 1. The number of rotatable bonds is 2. The van der Waals surface area contributed by atoms with Gasteiger partial charge in [-0.15, -0.1) is 0 Å². The average Bonchev–Trinajstić information content (AvgIpc) is 2.76. The Balaban J connectivity index is 1.97. The highest BCUT2D eigenvalue weighted by atomic mass is 79.9. The predicted octanol–water partition coefficient (Wildman–Crippen LogP) is 5.41. The molecule has 0 bridgehead atoms. The van der Waals surface area contributed by atoms with E-state index in [1.807, 2.05) is 0 Å². The summed E-state index contributed by atoms with van der Waals surface area (Å²) in [7, 11) is 0. The third-order valence-electron chi connectivity index (χ3n) is 3.32.